The number of carboxylic acids is 1. The molecule has 1 rings (SSSR count). The number of hydrogen-bond donors (Lipinski definition) is 1. The van der Waals surface area contributed by atoms with Gasteiger partial charge in [-0.2, -0.15) is 0 Å². The van der Waals surface area contributed by atoms with Gasteiger partial charge >= 0.3 is 5.97 Å². The summed E-state index contributed by atoms with van der Waals surface area (Å²) in [6.45, 7) is 4.83. The average molecular weight is 199 g/mol. The number of Topliss-reactive ketones (excluding diaryl/α,β-unsaturated/α-hetero) is 1. The molecule has 0 aromatic heterocycles. The van der Waals surface area contributed by atoms with Crippen LogP contribution in [0, 0.1) is 5.92 Å². The van der Waals surface area contributed by atoms with Crippen molar-refractivity contribution >= 4 is 11.8 Å². The Bertz CT molecular complexity index is 240. The molecule has 1 aliphatic rings. The van der Waals surface area contributed by atoms with Gasteiger partial charge in [0.15, 0.2) is 0 Å². The zero-order chi connectivity index (χ0) is 10.7. The van der Waals surface area contributed by atoms with E-state index < -0.39 is 12.0 Å². The number of piperidine rings is 1. The fourth-order valence-corrected chi connectivity index (χ4v) is 1.80. The predicted octanol–water partition coefficient (Wildman–Crippen LogP) is 0.760. The lowest BCUT2D eigenvalue weighted by molar-refractivity contribution is -0.145. The van der Waals surface area contributed by atoms with Crippen LogP contribution < -0.4 is 0 Å². The molecule has 0 amide bonds. The van der Waals surface area contributed by atoms with Gasteiger partial charge in [-0.3, -0.25) is 14.5 Å². The van der Waals surface area contributed by atoms with Gasteiger partial charge in [-0.15, -0.1) is 0 Å². The highest BCUT2D eigenvalue weighted by Gasteiger charge is 2.30. The zero-order valence-corrected chi connectivity index (χ0v) is 8.69. The van der Waals surface area contributed by atoms with Gasteiger partial charge in [0, 0.05) is 25.4 Å². The van der Waals surface area contributed by atoms with Gasteiger partial charge in [0.25, 0.3) is 0 Å². The molecule has 1 saturated heterocycles. The van der Waals surface area contributed by atoms with Crippen molar-refractivity contribution in [2.24, 2.45) is 5.92 Å². The minimum Gasteiger partial charge on any atom is -0.480 e. The fraction of sp³-hybridized carbons (Fsp3) is 0.800. The van der Waals surface area contributed by atoms with Crippen LogP contribution in [-0.2, 0) is 9.59 Å². The second kappa shape index (κ2) is 4.55. The number of carbonyl (C=O) groups is 2. The molecule has 1 N–H and O–H groups in total. The molecule has 1 heterocycles. The average Bonchev–Trinajstić information content (AvgIpc) is 2.17. The van der Waals surface area contributed by atoms with E-state index in [1.807, 2.05) is 11.8 Å². The van der Waals surface area contributed by atoms with E-state index in [1.165, 1.54) is 0 Å². The third-order valence-electron chi connectivity index (χ3n) is 2.95. The maximum atomic E-state index is 11.4. The number of nitrogens with zero attached hydrogens (tertiary/aromatic N) is 1. The maximum absolute atomic E-state index is 11.4. The molecule has 0 aromatic carbocycles. The Morgan fingerprint density at radius 1 is 1.71 bits per heavy atom. The molecule has 0 radical (unpaired) electrons. The summed E-state index contributed by atoms with van der Waals surface area (Å²) in [6, 6.07) is -0.475. The molecule has 0 bridgehead atoms. The number of carbonyl (C=O) groups excluding carboxylic acids is 1. The van der Waals surface area contributed by atoms with Gasteiger partial charge in [-0.05, 0) is 13.3 Å². The highest BCUT2D eigenvalue weighted by Crippen LogP contribution is 2.17. The topological polar surface area (TPSA) is 57.6 Å². The van der Waals surface area contributed by atoms with Crippen LogP contribution in [0.3, 0.4) is 0 Å². The molecule has 14 heavy (non-hydrogen) atoms. The van der Waals surface area contributed by atoms with Gasteiger partial charge in [0.2, 0.25) is 0 Å². The van der Waals surface area contributed by atoms with Crippen molar-refractivity contribution < 1.29 is 14.7 Å². The molecular weight excluding hydrogens is 182 g/mol. The molecule has 1 fully saturated rings. The number of ketones is 1. The smallest absolute Gasteiger partial charge is 0.320 e. The van der Waals surface area contributed by atoms with Crippen LogP contribution in [0.15, 0.2) is 0 Å². The SMILES string of the molecule is CCC1CN(C(C)C(=O)O)CCC1=O. The molecule has 0 spiro atoms. The Morgan fingerprint density at radius 2 is 2.36 bits per heavy atom. The van der Waals surface area contributed by atoms with Crippen molar-refractivity contribution in [2.75, 3.05) is 13.1 Å². The Morgan fingerprint density at radius 3 is 2.86 bits per heavy atom. The fourth-order valence-electron chi connectivity index (χ4n) is 1.80. The van der Waals surface area contributed by atoms with Crippen molar-refractivity contribution in [3.05, 3.63) is 0 Å². The first kappa shape index (κ1) is 11.2. The van der Waals surface area contributed by atoms with Crippen molar-refractivity contribution in [2.45, 2.75) is 32.7 Å². The third kappa shape index (κ3) is 2.32. The van der Waals surface area contributed by atoms with Crippen LogP contribution in [0.25, 0.3) is 0 Å². The lowest BCUT2D eigenvalue weighted by atomic mass is 9.93. The van der Waals surface area contributed by atoms with E-state index >= 15 is 0 Å². The third-order valence-corrected chi connectivity index (χ3v) is 2.95. The Hall–Kier alpha value is -0.900. The lowest BCUT2D eigenvalue weighted by Gasteiger charge is -2.33. The molecule has 0 aliphatic carbocycles. The van der Waals surface area contributed by atoms with Crippen LogP contribution in [-0.4, -0.2) is 40.9 Å². The highest BCUT2D eigenvalue weighted by molar-refractivity contribution is 5.82. The zero-order valence-electron chi connectivity index (χ0n) is 8.69. The number of rotatable bonds is 3. The van der Waals surface area contributed by atoms with Gasteiger partial charge in [0.05, 0.1) is 0 Å². The highest BCUT2D eigenvalue weighted by atomic mass is 16.4. The molecule has 2 unspecified atom stereocenters. The van der Waals surface area contributed by atoms with Gasteiger partial charge in [-0.1, -0.05) is 6.92 Å². The van der Waals surface area contributed by atoms with E-state index in [9.17, 15) is 9.59 Å². The first-order valence-electron chi connectivity index (χ1n) is 5.05. The van der Waals surface area contributed by atoms with Gasteiger partial charge in [-0.25, -0.2) is 0 Å². The lowest BCUT2D eigenvalue weighted by Crippen LogP contribution is -2.47. The maximum Gasteiger partial charge on any atom is 0.320 e. The van der Waals surface area contributed by atoms with E-state index in [-0.39, 0.29) is 11.7 Å². The molecule has 2 atom stereocenters. The predicted molar refractivity (Wildman–Crippen MR) is 52.1 cm³/mol. The summed E-state index contributed by atoms with van der Waals surface area (Å²) in [5.74, 6) is -0.499. The number of aliphatic carboxylic acids is 1. The summed E-state index contributed by atoms with van der Waals surface area (Å²) < 4.78 is 0. The van der Waals surface area contributed by atoms with E-state index in [0.717, 1.165) is 6.42 Å². The van der Waals surface area contributed by atoms with Crippen LogP contribution in [0.1, 0.15) is 26.7 Å². The monoisotopic (exact) mass is 199 g/mol. The quantitative estimate of drug-likeness (QED) is 0.729. The molecule has 4 nitrogen and oxygen atoms in total. The van der Waals surface area contributed by atoms with Crippen LogP contribution in [0.4, 0.5) is 0 Å². The molecular formula is C10H17NO3. The standard InChI is InChI=1S/C10H17NO3/c1-3-8-6-11(5-4-9(8)12)7(2)10(13)14/h7-8H,3-6H2,1-2H3,(H,13,14). The van der Waals surface area contributed by atoms with E-state index in [2.05, 4.69) is 0 Å². The van der Waals surface area contributed by atoms with Gasteiger partial charge < -0.3 is 5.11 Å². The second-order valence-corrected chi connectivity index (χ2v) is 3.83. The van der Waals surface area contributed by atoms with Crippen LogP contribution >= 0.6 is 0 Å². The summed E-state index contributed by atoms with van der Waals surface area (Å²) in [7, 11) is 0. The second-order valence-electron chi connectivity index (χ2n) is 3.83. The molecule has 0 aromatic rings. The van der Waals surface area contributed by atoms with Crippen LogP contribution in [0.2, 0.25) is 0 Å². The normalized spacial score (nSPS) is 26.1. The first-order chi connectivity index (χ1) is 6.56. The summed E-state index contributed by atoms with van der Waals surface area (Å²) in [5, 5.41) is 8.83. The Labute approximate surface area is 83.9 Å². The van der Waals surface area contributed by atoms with Gasteiger partial charge in [0.1, 0.15) is 11.8 Å². The minimum absolute atomic E-state index is 0.0329. The molecule has 0 saturated carbocycles. The Kier molecular flexibility index (Phi) is 3.63. The summed E-state index contributed by atoms with van der Waals surface area (Å²) >= 11 is 0. The number of carboxylic acid groups (broad SMARTS) is 1. The van der Waals surface area contributed by atoms with Crippen molar-refractivity contribution in [3.63, 3.8) is 0 Å². The molecule has 1 aliphatic heterocycles. The first-order valence-corrected chi connectivity index (χ1v) is 5.05. The van der Waals surface area contributed by atoms with Crippen LogP contribution in [0.5, 0.6) is 0 Å². The summed E-state index contributed by atoms with van der Waals surface area (Å²) in [6.07, 6.45) is 1.30. The molecule has 80 valence electrons. The molecule has 4 heteroatoms. The summed E-state index contributed by atoms with van der Waals surface area (Å²) in [4.78, 5) is 24.0. The van der Waals surface area contributed by atoms with E-state index in [1.54, 1.807) is 6.92 Å². The number of hydrogen-bond acceptors (Lipinski definition) is 3. The minimum atomic E-state index is -0.811. The number of likely N-dealkylation sites (tertiary alicyclic amines) is 1. The summed E-state index contributed by atoms with van der Waals surface area (Å²) in [5.41, 5.74) is 0. The largest absolute Gasteiger partial charge is 0.480 e. The van der Waals surface area contributed by atoms with Crippen molar-refractivity contribution in [1.82, 2.24) is 4.90 Å². The Balaban J connectivity index is 2.58. The van der Waals surface area contributed by atoms with Crippen molar-refractivity contribution in [1.29, 1.82) is 0 Å². The van der Waals surface area contributed by atoms with E-state index in [0.29, 0.717) is 19.5 Å². The van der Waals surface area contributed by atoms with Crippen molar-refractivity contribution in [3.8, 4) is 0 Å². The van der Waals surface area contributed by atoms with E-state index in [4.69, 9.17) is 5.11 Å².